The number of carbonyl (C=O) groups is 1. The Hall–Kier alpha value is -2.83. The van der Waals surface area contributed by atoms with Gasteiger partial charge in [-0.2, -0.15) is 0 Å². The summed E-state index contributed by atoms with van der Waals surface area (Å²) in [6, 6.07) is 5.26. The topological polar surface area (TPSA) is 90.6 Å². The van der Waals surface area contributed by atoms with Gasteiger partial charge in [0.1, 0.15) is 0 Å². The van der Waals surface area contributed by atoms with E-state index in [0.717, 1.165) is 11.3 Å². The Morgan fingerprint density at radius 2 is 2.13 bits per heavy atom. The van der Waals surface area contributed by atoms with E-state index in [4.69, 9.17) is 15.2 Å². The maximum atomic E-state index is 12.9. The van der Waals surface area contributed by atoms with Gasteiger partial charge in [-0.25, -0.2) is 9.97 Å². The lowest BCUT2D eigenvalue weighted by atomic mass is 10.1. The molecule has 1 aliphatic heterocycles. The first-order valence-electron chi connectivity index (χ1n) is 7.24. The number of amides is 1. The van der Waals surface area contributed by atoms with Crippen LogP contribution in [0.25, 0.3) is 0 Å². The highest BCUT2D eigenvalue weighted by molar-refractivity contribution is 5.98. The van der Waals surface area contributed by atoms with Crippen LogP contribution in [0.15, 0.2) is 24.4 Å². The fraction of sp³-hybridized carbons (Fsp3) is 0.312. The minimum atomic E-state index is -0.122. The summed E-state index contributed by atoms with van der Waals surface area (Å²) in [5.74, 6) is 1.07. The molecule has 2 N–H and O–H groups in total. The molecule has 23 heavy (non-hydrogen) atoms. The number of nitrogen functional groups attached to an aromatic ring is 1. The van der Waals surface area contributed by atoms with Crippen LogP contribution >= 0.6 is 0 Å². The number of nitrogens with zero attached hydrogens (tertiary/aromatic N) is 3. The van der Waals surface area contributed by atoms with Crippen molar-refractivity contribution < 1.29 is 14.3 Å². The van der Waals surface area contributed by atoms with E-state index in [9.17, 15) is 4.79 Å². The molecule has 0 radical (unpaired) electrons. The van der Waals surface area contributed by atoms with Gasteiger partial charge >= 0.3 is 0 Å². The molecule has 0 aliphatic carbocycles. The average molecular weight is 314 g/mol. The molecule has 120 valence electrons. The summed E-state index contributed by atoms with van der Waals surface area (Å²) in [7, 11) is 3.07. The summed E-state index contributed by atoms with van der Waals surface area (Å²) < 4.78 is 10.6. The third kappa shape index (κ3) is 2.77. The van der Waals surface area contributed by atoms with Crippen LogP contribution in [0, 0.1) is 0 Å². The summed E-state index contributed by atoms with van der Waals surface area (Å²) in [4.78, 5) is 22.8. The van der Waals surface area contributed by atoms with Gasteiger partial charge in [0.05, 0.1) is 32.0 Å². The molecule has 0 fully saturated rings. The number of methoxy groups -OCH3 is 2. The molecule has 0 unspecified atom stereocenters. The monoisotopic (exact) mass is 314 g/mol. The SMILES string of the molecule is COc1cccc(C(=O)N2CCc3cnc(N)nc3C2)c1OC. The molecule has 1 aliphatic rings. The number of nitrogens with two attached hydrogens (primary N) is 1. The zero-order valence-corrected chi connectivity index (χ0v) is 13.1. The molecule has 0 bridgehead atoms. The molecule has 1 amide bonds. The molecule has 0 atom stereocenters. The van der Waals surface area contributed by atoms with Crippen molar-refractivity contribution in [2.24, 2.45) is 0 Å². The molecular weight excluding hydrogens is 296 g/mol. The van der Waals surface area contributed by atoms with Crippen molar-refractivity contribution in [1.29, 1.82) is 0 Å². The van der Waals surface area contributed by atoms with Gasteiger partial charge in [-0.3, -0.25) is 4.79 Å². The normalized spacial score (nSPS) is 13.4. The first-order chi connectivity index (χ1) is 11.1. The fourth-order valence-electron chi connectivity index (χ4n) is 2.72. The lowest BCUT2D eigenvalue weighted by Crippen LogP contribution is -2.36. The molecule has 1 aromatic heterocycles. The second-order valence-electron chi connectivity index (χ2n) is 5.22. The van der Waals surface area contributed by atoms with E-state index in [-0.39, 0.29) is 11.9 Å². The Morgan fingerprint density at radius 1 is 1.30 bits per heavy atom. The van der Waals surface area contributed by atoms with Gasteiger partial charge in [-0.05, 0) is 24.1 Å². The number of rotatable bonds is 3. The molecule has 2 heterocycles. The summed E-state index contributed by atoms with van der Waals surface area (Å²) in [6.45, 7) is 1.00. The molecule has 0 saturated carbocycles. The highest BCUT2D eigenvalue weighted by Crippen LogP contribution is 2.32. The zero-order chi connectivity index (χ0) is 16.4. The van der Waals surface area contributed by atoms with Crippen LogP contribution in [0.3, 0.4) is 0 Å². The Labute approximate surface area is 134 Å². The van der Waals surface area contributed by atoms with E-state index in [0.29, 0.717) is 36.6 Å². The second kappa shape index (κ2) is 6.12. The lowest BCUT2D eigenvalue weighted by molar-refractivity contribution is 0.0727. The number of benzene rings is 1. The zero-order valence-electron chi connectivity index (χ0n) is 13.1. The maximum Gasteiger partial charge on any atom is 0.258 e. The summed E-state index contributed by atoms with van der Waals surface area (Å²) in [5, 5.41) is 0. The van der Waals surface area contributed by atoms with Crippen molar-refractivity contribution in [3.8, 4) is 11.5 Å². The summed E-state index contributed by atoms with van der Waals surface area (Å²) >= 11 is 0. The van der Waals surface area contributed by atoms with Crippen molar-refractivity contribution >= 4 is 11.9 Å². The third-order valence-corrected chi connectivity index (χ3v) is 3.89. The van der Waals surface area contributed by atoms with Gasteiger partial charge in [0.2, 0.25) is 5.95 Å². The highest BCUT2D eigenvalue weighted by Gasteiger charge is 2.26. The van der Waals surface area contributed by atoms with Crippen LogP contribution in [0.2, 0.25) is 0 Å². The number of hydrogen-bond acceptors (Lipinski definition) is 6. The van der Waals surface area contributed by atoms with E-state index < -0.39 is 0 Å². The second-order valence-corrected chi connectivity index (χ2v) is 5.22. The summed E-state index contributed by atoms with van der Waals surface area (Å²) in [6.07, 6.45) is 2.43. The molecule has 7 heteroatoms. The number of hydrogen-bond donors (Lipinski definition) is 1. The van der Waals surface area contributed by atoms with Crippen LogP contribution < -0.4 is 15.2 Å². The predicted molar refractivity (Wildman–Crippen MR) is 84.4 cm³/mol. The van der Waals surface area contributed by atoms with Crippen molar-refractivity contribution in [1.82, 2.24) is 14.9 Å². The smallest absolute Gasteiger partial charge is 0.258 e. The molecule has 1 aromatic carbocycles. The summed E-state index contributed by atoms with van der Waals surface area (Å²) in [5.41, 5.74) is 7.92. The van der Waals surface area contributed by atoms with Crippen molar-refractivity contribution in [3.63, 3.8) is 0 Å². The molecular formula is C16H18N4O3. The minimum absolute atomic E-state index is 0.122. The first-order valence-corrected chi connectivity index (χ1v) is 7.24. The third-order valence-electron chi connectivity index (χ3n) is 3.89. The van der Waals surface area contributed by atoms with Crippen molar-refractivity contribution in [3.05, 3.63) is 41.2 Å². The van der Waals surface area contributed by atoms with Gasteiger partial charge in [0.15, 0.2) is 11.5 Å². The van der Waals surface area contributed by atoms with Crippen LogP contribution in [-0.2, 0) is 13.0 Å². The fourth-order valence-corrected chi connectivity index (χ4v) is 2.72. The van der Waals surface area contributed by atoms with Gasteiger partial charge in [-0.1, -0.05) is 6.07 Å². The predicted octanol–water partition coefficient (Wildman–Crippen LogP) is 1.27. The first kappa shape index (κ1) is 15.1. The van der Waals surface area contributed by atoms with Crippen molar-refractivity contribution in [2.45, 2.75) is 13.0 Å². The number of anilines is 1. The van der Waals surface area contributed by atoms with Crippen molar-refractivity contribution in [2.75, 3.05) is 26.5 Å². The molecule has 2 aromatic rings. The van der Waals surface area contributed by atoms with E-state index in [1.54, 1.807) is 36.4 Å². The number of ether oxygens (including phenoxy) is 2. The molecule has 7 nitrogen and oxygen atoms in total. The molecule has 0 saturated heterocycles. The van der Waals surface area contributed by atoms with Gasteiger partial charge in [0, 0.05) is 12.7 Å². The van der Waals surface area contributed by atoms with E-state index in [1.165, 1.54) is 7.11 Å². The van der Waals surface area contributed by atoms with E-state index in [2.05, 4.69) is 9.97 Å². The van der Waals surface area contributed by atoms with E-state index in [1.807, 2.05) is 0 Å². The standard InChI is InChI=1S/C16H18N4O3/c1-22-13-5-3-4-11(14(13)23-2)15(21)20-7-6-10-8-18-16(17)19-12(10)9-20/h3-5,8H,6-7,9H2,1-2H3,(H2,17,18,19). The number of fused-ring (bicyclic) bond motifs is 1. The van der Waals surface area contributed by atoms with Crippen LogP contribution in [0.1, 0.15) is 21.6 Å². The Bertz CT molecular complexity index is 748. The number of para-hydroxylation sites is 1. The Morgan fingerprint density at radius 3 is 2.87 bits per heavy atom. The van der Waals surface area contributed by atoms with Crippen LogP contribution in [-0.4, -0.2) is 41.5 Å². The number of carbonyl (C=O) groups excluding carboxylic acids is 1. The van der Waals surface area contributed by atoms with Gasteiger partial charge in [-0.15, -0.1) is 0 Å². The Balaban J connectivity index is 1.90. The number of aromatic nitrogens is 2. The van der Waals surface area contributed by atoms with Crippen LogP contribution in [0.4, 0.5) is 5.95 Å². The highest BCUT2D eigenvalue weighted by atomic mass is 16.5. The van der Waals surface area contributed by atoms with Gasteiger partial charge < -0.3 is 20.1 Å². The molecule has 3 rings (SSSR count). The average Bonchev–Trinajstić information content (AvgIpc) is 2.59. The quantitative estimate of drug-likeness (QED) is 0.917. The Kier molecular flexibility index (Phi) is 4.01. The minimum Gasteiger partial charge on any atom is -0.493 e. The van der Waals surface area contributed by atoms with Crippen LogP contribution in [0.5, 0.6) is 11.5 Å². The molecule has 0 spiro atoms. The largest absolute Gasteiger partial charge is 0.493 e. The maximum absolute atomic E-state index is 12.9. The lowest BCUT2D eigenvalue weighted by Gasteiger charge is -2.28. The van der Waals surface area contributed by atoms with Gasteiger partial charge in [0.25, 0.3) is 5.91 Å². The van der Waals surface area contributed by atoms with E-state index >= 15 is 0 Å².